The van der Waals surface area contributed by atoms with Crippen molar-refractivity contribution >= 4 is 0 Å². The molecular formula is C16H20N2O. The van der Waals surface area contributed by atoms with Gasteiger partial charge in [0.25, 0.3) is 0 Å². The van der Waals surface area contributed by atoms with Crippen LogP contribution in [0.25, 0.3) is 0 Å². The lowest BCUT2D eigenvalue weighted by Crippen LogP contribution is -2.23. The monoisotopic (exact) mass is 256 g/mol. The topological polar surface area (TPSA) is 34.2 Å². The van der Waals surface area contributed by atoms with Gasteiger partial charge in [-0.2, -0.15) is 0 Å². The van der Waals surface area contributed by atoms with E-state index in [4.69, 9.17) is 4.74 Å². The maximum Gasteiger partial charge on any atom is 0.119 e. The summed E-state index contributed by atoms with van der Waals surface area (Å²) in [6, 6.07) is 12.6. The summed E-state index contributed by atoms with van der Waals surface area (Å²) >= 11 is 0. The smallest absolute Gasteiger partial charge is 0.119 e. The van der Waals surface area contributed by atoms with Gasteiger partial charge in [0.1, 0.15) is 5.75 Å². The molecule has 1 atom stereocenters. The van der Waals surface area contributed by atoms with Crippen LogP contribution in [0.3, 0.4) is 0 Å². The predicted molar refractivity (Wildman–Crippen MR) is 77.4 cm³/mol. The van der Waals surface area contributed by atoms with Crippen molar-refractivity contribution in [3.05, 3.63) is 59.9 Å². The standard InChI is InChI=1S/C16H20N2O/c1-3-18-16(11-13-7-9-17-10-8-13)14-5-4-6-15(12-14)19-2/h4-10,12,16,18H,3,11H2,1-2H3. The van der Waals surface area contributed by atoms with Crippen LogP contribution in [0.2, 0.25) is 0 Å². The minimum Gasteiger partial charge on any atom is -0.497 e. The summed E-state index contributed by atoms with van der Waals surface area (Å²) < 4.78 is 5.30. The Kier molecular flexibility index (Phi) is 4.93. The van der Waals surface area contributed by atoms with Crippen LogP contribution in [0.1, 0.15) is 24.1 Å². The van der Waals surface area contributed by atoms with E-state index in [9.17, 15) is 0 Å². The fourth-order valence-corrected chi connectivity index (χ4v) is 2.17. The van der Waals surface area contributed by atoms with Gasteiger partial charge in [0.15, 0.2) is 0 Å². The Labute approximate surface area is 114 Å². The summed E-state index contributed by atoms with van der Waals surface area (Å²) in [6.07, 6.45) is 4.62. The number of hydrogen-bond donors (Lipinski definition) is 1. The molecule has 0 saturated heterocycles. The van der Waals surface area contributed by atoms with Crippen LogP contribution >= 0.6 is 0 Å². The summed E-state index contributed by atoms with van der Waals surface area (Å²) in [6.45, 7) is 3.06. The summed E-state index contributed by atoms with van der Waals surface area (Å²) in [7, 11) is 1.70. The minimum atomic E-state index is 0.294. The number of nitrogens with one attached hydrogen (secondary N) is 1. The van der Waals surface area contributed by atoms with Crippen LogP contribution in [0.15, 0.2) is 48.8 Å². The van der Waals surface area contributed by atoms with Crippen molar-refractivity contribution in [2.24, 2.45) is 0 Å². The molecule has 2 rings (SSSR count). The van der Waals surface area contributed by atoms with Crippen molar-refractivity contribution in [2.45, 2.75) is 19.4 Å². The summed E-state index contributed by atoms with van der Waals surface area (Å²) in [4.78, 5) is 4.06. The van der Waals surface area contributed by atoms with Gasteiger partial charge < -0.3 is 10.1 Å². The largest absolute Gasteiger partial charge is 0.497 e. The number of methoxy groups -OCH3 is 1. The molecule has 1 unspecified atom stereocenters. The molecule has 0 amide bonds. The van der Waals surface area contributed by atoms with Crippen molar-refractivity contribution in [2.75, 3.05) is 13.7 Å². The molecule has 0 radical (unpaired) electrons. The number of hydrogen-bond acceptors (Lipinski definition) is 3. The van der Waals surface area contributed by atoms with E-state index >= 15 is 0 Å². The molecule has 0 saturated carbocycles. The third-order valence-corrected chi connectivity index (χ3v) is 3.14. The molecule has 2 aromatic rings. The Hall–Kier alpha value is -1.87. The second-order valence-corrected chi connectivity index (χ2v) is 4.45. The average Bonchev–Trinajstić information content (AvgIpc) is 2.48. The highest BCUT2D eigenvalue weighted by molar-refractivity contribution is 5.31. The molecule has 3 heteroatoms. The molecular weight excluding hydrogens is 236 g/mol. The zero-order valence-electron chi connectivity index (χ0n) is 11.5. The first-order valence-electron chi connectivity index (χ1n) is 6.59. The van der Waals surface area contributed by atoms with E-state index in [1.54, 1.807) is 7.11 Å². The highest BCUT2D eigenvalue weighted by atomic mass is 16.5. The third kappa shape index (κ3) is 3.80. The van der Waals surface area contributed by atoms with Gasteiger partial charge in [-0.15, -0.1) is 0 Å². The minimum absolute atomic E-state index is 0.294. The van der Waals surface area contributed by atoms with Crippen LogP contribution in [-0.4, -0.2) is 18.6 Å². The maximum atomic E-state index is 5.30. The van der Waals surface area contributed by atoms with E-state index in [2.05, 4.69) is 41.5 Å². The van der Waals surface area contributed by atoms with Crippen LogP contribution in [0.5, 0.6) is 5.75 Å². The predicted octanol–water partition coefficient (Wildman–Crippen LogP) is 2.98. The number of pyridine rings is 1. The van der Waals surface area contributed by atoms with Gasteiger partial charge in [0.05, 0.1) is 7.11 Å². The molecule has 1 heterocycles. The molecule has 1 aromatic carbocycles. The van der Waals surface area contributed by atoms with Gasteiger partial charge in [-0.05, 0) is 48.4 Å². The molecule has 0 aliphatic heterocycles. The van der Waals surface area contributed by atoms with E-state index in [0.29, 0.717) is 6.04 Å². The van der Waals surface area contributed by atoms with Crippen molar-refractivity contribution in [1.29, 1.82) is 0 Å². The van der Waals surface area contributed by atoms with Crippen LogP contribution in [0, 0.1) is 0 Å². The fourth-order valence-electron chi connectivity index (χ4n) is 2.17. The highest BCUT2D eigenvalue weighted by Gasteiger charge is 2.11. The maximum absolute atomic E-state index is 5.30. The van der Waals surface area contributed by atoms with Gasteiger partial charge >= 0.3 is 0 Å². The van der Waals surface area contributed by atoms with Crippen LogP contribution in [0.4, 0.5) is 0 Å². The van der Waals surface area contributed by atoms with Crippen LogP contribution in [-0.2, 0) is 6.42 Å². The molecule has 100 valence electrons. The molecule has 0 spiro atoms. The molecule has 3 nitrogen and oxygen atoms in total. The van der Waals surface area contributed by atoms with Crippen molar-refractivity contribution in [1.82, 2.24) is 10.3 Å². The molecule has 0 bridgehead atoms. The SMILES string of the molecule is CCNC(Cc1ccncc1)c1cccc(OC)c1. The second-order valence-electron chi connectivity index (χ2n) is 4.45. The van der Waals surface area contributed by atoms with Crippen LogP contribution < -0.4 is 10.1 Å². The number of benzene rings is 1. The van der Waals surface area contributed by atoms with Gasteiger partial charge in [0.2, 0.25) is 0 Å². The number of aromatic nitrogens is 1. The summed E-state index contributed by atoms with van der Waals surface area (Å²) in [5.41, 5.74) is 2.53. The van der Waals surface area contributed by atoms with Crippen molar-refractivity contribution in [3.63, 3.8) is 0 Å². The van der Waals surface area contributed by atoms with Crippen molar-refractivity contribution < 1.29 is 4.74 Å². The molecule has 0 aliphatic carbocycles. The molecule has 1 aromatic heterocycles. The van der Waals surface area contributed by atoms with Gasteiger partial charge in [-0.3, -0.25) is 4.98 Å². The number of nitrogens with zero attached hydrogens (tertiary/aromatic N) is 1. The first-order valence-corrected chi connectivity index (χ1v) is 6.59. The van der Waals surface area contributed by atoms with E-state index in [1.807, 2.05) is 24.5 Å². The summed E-state index contributed by atoms with van der Waals surface area (Å²) in [5.74, 6) is 0.898. The van der Waals surface area contributed by atoms with E-state index in [-0.39, 0.29) is 0 Å². The third-order valence-electron chi connectivity index (χ3n) is 3.14. The Morgan fingerprint density at radius 3 is 2.68 bits per heavy atom. The molecule has 19 heavy (non-hydrogen) atoms. The van der Waals surface area contributed by atoms with Gasteiger partial charge in [-0.25, -0.2) is 0 Å². The fraction of sp³-hybridized carbons (Fsp3) is 0.312. The van der Waals surface area contributed by atoms with E-state index in [1.165, 1.54) is 11.1 Å². The van der Waals surface area contributed by atoms with Gasteiger partial charge in [0, 0.05) is 18.4 Å². The molecule has 0 fully saturated rings. The lowest BCUT2D eigenvalue weighted by Gasteiger charge is -2.19. The second kappa shape index (κ2) is 6.90. The number of ether oxygens (including phenoxy) is 1. The quantitative estimate of drug-likeness (QED) is 0.862. The lowest BCUT2D eigenvalue weighted by atomic mass is 9.99. The Morgan fingerprint density at radius 2 is 2.00 bits per heavy atom. The lowest BCUT2D eigenvalue weighted by molar-refractivity contribution is 0.413. The first kappa shape index (κ1) is 13.6. The highest BCUT2D eigenvalue weighted by Crippen LogP contribution is 2.22. The Morgan fingerprint density at radius 1 is 1.21 bits per heavy atom. The van der Waals surface area contributed by atoms with E-state index < -0.39 is 0 Å². The number of rotatable bonds is 6. The first-order chi connectivity index (χ1) is 9.33. The number of likely N-dealkylation sites (N-methyl/N-ethyl adjacent to an activating group) is 1. The normalized spacial score (nSPS) is 12.1. The average molecular weight is 256 g/mol. The van der Waals surface area contributed by atoms with E-state index in [0.717, 1.165) is 18.7 Å². The molecule has 1 N–H and O–H groups in total. The zero-order chi connectivity index (χ0) is 13.5. The van der Waals surface area contributed by atoms with Gasteiger partial charge in [-0.1, -0.05) is 19.1 Å². The Balaban J connectivity index is 2.19. The molecule has 0 aliphatic rings. The zero-order valence-corrected chi connectivity index (χ0v) is 11.5. The summed E-state index contributed by atoms with van der Waals surface area (Å²) in [5, 5.41) is 3.52. The van der Waals surface area contributed by atoms with Crippen molar-refractivity contribution in [3.8, 4) is 5.75 Å². The Bertz CT molecular complexity index is 499.